The molecule has 1 unspecified atom stereocenters. The minimum Gasteiger partial charge on any atom is -0.486 e. The lowest BCUT2D eigenvalue weighted by atomic mass is 10.0. The molecule has 1 N–H and O–H groups in total. The summed E-state index contributed by atoms with van der Waals surface area (Å²) in [7, 11) is -3.66. The second-order valence-corrected chi connectivity index (χ2v) is 13.1. The maximum atomic E-state index is 13.9. The molecule has 3 aromatic rings. The van der Waals surface area contributed by atoms with Crippen molar-refractivity contribution in [3.8, 4) is 11.5 Å². The molecule has 4 rings (SSSR count). The quantitative estimate of drug-likeness (QED) is 0.291. The standard InChI is InChI=1S/C32H38ClN3O6S/c1-23(2)34-32(38)28(20-24-8-5-4-6-9-24)35(22-25-11-13-26(33)14-12-25)31(37)10-7-17-36(43(3,39)40)27-15-16-29-30(21-27)42-19-18-41-29/h4-6,8-9,11-16,21,23,28H,7,10,17-20,22H2,1-3H3,(H,34,38). The summed E-state index contributed by atoms with van der Waals surface area (Å²) >= 11 is 6.10. The molecule has 11 heteroatoms. The second-order valence-electron chi connectivity index (χ2n) is 10.8. The van der Waals surface area contributed by atoms with Crippen molar-refractivity contribution in [3.05, 3.63) is 88.9 Å². The van der Waals surface area contributed by atoms with Crippen molar-refractivity contribution in [1.82, 2.24) is 10.2 Å². The highest BCUT2D eigenvalue weighted by Crippen LogP contribution is 2.35. The molecular weight excluding hydrogens is 590 g/mol. The van der Waals surface area contributed by atoms with Gasteiger partial charge in [0.25, 0.3) is 0 Å². The van der Waals surface area contributed by atoms with Gasteiger partial charge in [0.2, 0.25) is 21.8 Å². The van der Waals surface area contributed by atoms with Gasteiger partial charge in [0.15, 0.2) is 11.5 Å². The number of hydrogen-bond acceptors (Lipinski definition) is 6. The molecule has 9 nitrogen and oxygen atoms in total. The molecule has 0 radical (unpaired) electrons. The highest BCUT2D eigenvalue weighted by molar-refractivity contribution is 7.92. The summed E-state index contributed by atoms with van der Waals surface area (Å²) in [6.45, 7) is 4.82. The molecule has 0 aliphatic carbocycles. The fourth-order valence-corrected chi connectivity index (χ4v) is 6.00. The Morgan fingerprint density at radius 1 is 0.930 bits per heavy atom. The van der Waals surface area contributed by atoms with Crippen molar-refractivity contribution >= 4 is 39.1 Å². The van der Waals surface area contributed by atoms with Crippen LogP contribution in [-0.2, 0) is 32.6 Å². The molecule has 0 bridgehead atoms. The van der Waals surface area contributed by atoms with Crippen LogP contribution in [0.25, 0.3) is 0 Å². The number of hydrogen-bond donors (Lipinski definition) is 1. The third-order valence-corrected chi connectivity index (χ3v) is 8.38. The third kappa shape index (κ3) is 9.11. The number of anilines is 1. The number of ether oxygens (including phenoxy) is 2. The lowest BCUT2D eigenvalue weighted by Gasteiger charge is -2.32. The van der Waals surface area contributed by atoms with Crippen molar-refractivity contribution in [2.45, 2.75) is 51.7 Å². The number of carbonyl (C=O) groups is 2. The number of carbonyl (C=O) groups excluding carboxylic acids is 2. The van der Waals surface area contributed by atoms with Gasteiger partial charge in [-0.3, -0.25) is 13.9 Å². The number of benzene rings is 3. The molecule has 230 valence electrons. The Labute approximate surface area is 258 Å². The Kier molecular flexibility index (Phi) is 10.9. The average molecular weight is 628 g/mol. The summed E-state index contributed by atoms with van der Waals surface area (Å²) < 4.78 is 38.0. The van der Waals surface area contributed by atoms with E-state index >= 15 is 0 Å². The molecule has 1 atom stereocenters. The Bertz CT molecular complexity index is 1500. The highest BCUT2D eigenvalue weighted by atomic mass is 35.5. The van der Waals surface area contributed by atoms with E-state index in [1.54, 1.807) is 35.2 Å². The highest BCUT2D eigenvalue weighted by Gasteiger charge is 2.31. The molecule has 3 aromatic carbocycles. The summed E-state index contributed by atoms with van der Waals surface area (Å²) in [5.74, 6) is 0.517. The summed E-state index contributed by atoms with van der Waals surface area (Å²) in [5, 5.41) is 3.54. The number of sulfonamides is 1. The van der Waals surface area contributed by atoms with E-state index < -0.39 is 16.1 Å². The molecule has 1 aliphatic rings. The van der Waals surface area contributed by atoms with E-state index in [2.05, 4.69) is 5.32 Å². The van der Waals surface area contributed by atoms with Crippen LogP contribution < -0.4 is 19.1 Å². The number of rotatable bonds is 13. The predicted molar refractivity (Wildman–Crippen MR) is 168 cm³/mol. The second kappa shape index (κ2) is 14.6. The van der Waals surface area contributed by atoms with E-state index in [-0.39, 0.29) is 43.8 Å². The van der Waals surface area contributed by atoms with Gasteiger partial charge in [-0.15, -0.1) is 0 Å². The van der Waals surface area contributed by atoms with Crippen LogP contribution in [0.15, 0.2) is 72.8 Å². The van der Waals surface area contributed by atoms with Crippen molar-refractivity contribution in [2.75, 3.05) is 30.3 Å². The first kappa shape index (κ1) is 32.2. The van der Waals surface area contributed by atoms with Crippen LogP contribution in [0.3, 0.4) is 0 Å². The first-order valence-electron chi connectivity index (χ1n) is 14.3. The zero-order chi connectivity index (χ0) is 31.0. The minimum absolute atomic E-state index is 0.0322. The van der Waals surface area contributed by atoms with Crippen molar-refractivity contribution in [1.29, 1.82) is 0 Å². The van der Waals surface area contributed by atoms with Gasteiger partial charge in [0, 0.05) is 43.1 Å². The van der Waals surface area contributed by atoms with Crippen LogP contribution in [0, 0.1) is 0 Å². The number of nitrogens with one attached hydrogen (secondary N) is 1. The van der Waals surface area contributed by atoms with E-state index in [0.717, 1.165) is 17.4 Å². The van der Waals surface area contributed by atoms with Crippen molar-refractivity contribution < 1.29 is 27.5 Å². The maximum Gasteiger partial charge on any atom is 0.243 e. The Morgan fingerprint density at radius 2 is 1.60 bits per heavy atom. The number of halogens is 1. The summed E-state index contributed by atoms with van der Waals surface area (Å²) in [5.41, 5.74) is 2.17. The van der Waals surface area contributed by atoms with Gasteiger partial charge in [-0.1, -0.05) is 54.1 Å². The predicted octanol–water partition coefficient (Wildman–Crippen LogP) is 4.82. The van der Waals surface area contributed by atoms with E-state index in [9.17, 15) is 18.0 Å². The largest absolute Gasteiger partial charge is 0.486 e. The first-order valence-corrected chi connectivity index (χ1v) is 16.5. The lowest BCUT2D eigenvalue weighted by molar-refractivity contribution is -0.141. The van der Waals surface area contributed by atoms with Crippen molar-refractivity contribution in [3.63, 3.8) is 0 Å². The number of amides is 2. The monoisotopic (exact) mass is 627 g/mol. The van der Waals surface area contributed by atoms with Gasteiger partial charge in [0.1, 0.15) is 19.3 Å². The van der Waals surface area contributed by atoms with Gasteiger partial charge in [-0.2, -0.15) is 0 Å². The molecule has 2 amide bonds. The van der Waals surface area contributed by atoms with Gasteiger partial charge in [0.05, 0.1) is 11.9 Å². The smallest absolute Gasteiger partial charge is 0.243 e. The van der Waals surface area contributed by atoms with Crippen LogP contribution in [0.1, 0.15) is 37.8 Å². The Balaban J connectivity index is 1.57. The van der Waals surface area contributed by atoms with Crippen molar-refractivity contribution in [2.24, 2.45) is 0 Å². The van der Waals surface area contributed by atoms with Crippen LogP contribution >= 0.6 is 11.6 Å². The van der Waals surface area contributed by atoms with Gasteiger partial charge in [-0.05, 0) is 55.7 Å². The third-order valence-electron chi connectivity index (χ3n) is 6.93. The summed E-state index contributed by atoms with van der Waals surface area (Å²) in [4.78, 5) is 29.0. The van der Waals surface area contributed by atoms with E-state index in [1.165, 1.54) is 4.31 Å². The lowest BCUT2D eigenvalue weighted by Crippen LogP contribution is -2.51. The fraction of sp³-hybridized carbons (Fsp3) is 0.375. The van der Waals surface area contributed by atoms with Crippen LogP contribution in [0.4, 0.5) is 5.69 Å². The summed E-state index contributed by atoms with van der Waals surface area (Å²) in [6.07, 6.45) is 1.72. The first-order chi connectivity index (χ1) is 20.5. The molecule has 43 heavy (non-hydrogen) atoms. The SMILES string of the molecule is CC(C)NC(=O)C(Cc1ccccc1)N(Cc1ccc(Cl)cc1)C(=O)CCCN(c1ccc2c(c1)OCCO2)S(C)(=O)=O. The molecule has 1 aliphatic heterocycles. The van der Waals surface area contributed by atoms with Gasteiger partial charge < -0.3 is 19.7 Å². The molecule has 0 saturated carbocycles. The molecule has 0 saturated heterocycles. The van der Waals surface area contributed by atoms with Crippen LogP contribution in [0.2, 0.25) is 5.02 Å². The van der Waals surface area contributed by atoms with Gasteiger partial charge >= 0.3 is 0 Å². The minimum atomic E-state index is -3.66. The molecule has 0 fully saturated rings. The zero-order valence-corrected chi connectivity index (χ0v) is 26.2. The van der Waals surface area contributed by atoms with E-state index in [1.807, 2.05) is 56.3 Å². The summed E-state index contributed by atoms with van der Waals surface area (Å²) in [6, 6.07) is 20.8. The zero-order valence-electron chi connectivity index (χ0n) is 24.7. The van der Waals surface area contributed by atoms with E-state index in [4.69, 9.17) is 21.1 Å². The van der Waals surface area contributed by atoms with Crippen LogP contribution in [-0.4, -0.2) is 63.2 Å². The number of nitrogens with zero attached hydrogens (tertiary/aromatic N) is 2. The molecule has 0 spiro atoms. The molecule has 0 aromatic heterocycles. The van der Waals surface area contributed by atoms with E-state index in [0.29, 0.717) is 41.8 Å². The molecule has 1 heterocycles. The van der Waals surface area contributed by atoms with Gasteiger partial charge in [-0.25, -0.2) is 8.42 Å². The average Bonchev–Trinajstić information content (AvgIpc) is 2.97. The topological polar surface area (TPSA) is 105 Å². The van der Waals surface area contributed by atoms with Crippen LogP contribution in [0.5, 0.6) is 11.5 Å². The maximum absolute atomic E-state index is 13.9. The Hall–Kier alpha value is -3.76. The number of fused-ring (bicyclic) bond motifs is 1. The fourth-order valence-electron chi connectivity index (χ4n) is 4.91. The Morgan fingerprint density at radius 3 is 2.26 bits per heavy atom. The normalized spacial score (nSPS) is 13.3. The molecular formula is C32H38ClN3O6S.